The molecule has 0 bridgehead atoms. The van der Waals surface area contributed by atoms with Gasteiger partial charge in [-0.15, -0.1) is 11.8 Å². The van der Waals surface area contributed by atoms with Crippen LogP contribution >= 0.6 is 11.8 Å². The number of carbonyl (C=O) groups is 1. The molecule has 22 heavy (non-hydrogen) atoms. The molecule has 0 aromatic heterocycles. The molecule has 1 atom stereocenters. The van der Waals surface area contributed by atoms with Gasteiger partial charge in [-0.3, -0.25) is 0 Å². The van der Waals surface area contributed by atoms with Crippen molar-refractivity contribution in [3.05, 3.63) is 65.2 Å². The van der Waals surface area contributed by atoms with E-state index in [-0.39, 0.29) is 11.3 Å². The Morgan fingerprint density at radius 1 is 1.18 bits per heavy atom. The predicted octanol–water partition coefficient (Wildman–Crippen LogP) is 4.99. The summed E-state index contributed by atoms with van der Waals surface area (Å²) in [5.74, 6) is 1.12. The first-order valence-electron chi connectivity index (χ1n) is 7.86. The van der Waals surface area contributed by atoms with Gasteiger partial charge in [-0.1, -0.05) is 56.3 Å². The normalized spacial score (nSPS) is 17.5. The summed E-state index contributed by atoms with van der Waals surface area (Å²) in [4.78, 5) is 13.0. The lowest BCUT2D eigenvalue weighted by Crippen LogP contribution is -2.23. The van der Waals surface area contributed by atoms with Gasteiger partial charge in [-0.25, -0.2) is 0 Å². The molecular weight excluding hydrogens is 288 g/mol. The highest BCUT2D eigenvalue weighted by Gasteiger charge is 2.28. The molecule has 0 aliphatic carbocycles. The fourth-order valence-corrected chi connectivity index (χ4v) is 4.58. The van der Waals surface area contributed by atoms with E-state index in [9.17, 15) is 4.79 Å². The van der Waals surface area contributed by atoms with Crippen molar-refractivity contribution in [3.8, 4) is 0 Å². The Kier molecular flexibility index (Phi) is 4.39. The predicted molar refractivity (Wildman–Crippen MR) is 93.8 cm³/mol. The second kappa shape index (κ2) is 6.29. The lowest BCUT2D eigenvalue weighted by Gasteiger charge is -2.32. The highest BCUT2D eigenvalue weighted by atomic mass is 32.2. The molecule has 3 rings (SSSR count). The summed E-state index contributed by atoms with van der Waals surface area (Å²) in [6.45, 7) is 4.62. The molecule has 1 aliphatic rings. The fourth-order valence-electron chi connectivity index (χ4n) is 3.10. The third-order valence-corrected chi connectivity index (χ3v) is 5.68. The van der Waals surface area contributed by atoms with E-state index in [0.717, 1.165) is 18.3 Å². The summed E-state index contributed by atoms with van der Waals surface area (Å²) < 4.78 is 0. The van der Waals surface area contributed by atoms with Crippen molar-refractivity contribution in [2.24, 2.45) is 0 Å². The highest BCUT2D eigenvalue weighted by molar-refractivity contribution is 7.99. The van der Waals surface area contributed by atoms with E-state index in [1.165, 1.54) is 28.2 Å². The molecule has 0 N–H and O–H groups in total. The number of fused-ring (bicyclic) bond motifs is 1. The average molecular weight is 310 g/mol. The monoisotopic (exact) mass is 310 g/mol. The second-order valence-corrected chi connectivity index (χ2v) is 7.81. The maximum Gasteiger partial charge on any atom is 0.127 e. The number of hydrogen-bond donors (Lipinski definition) is 0. The molecule has 1 heterocycles. The lowest BCUT2D eigenvalue weighted by atomic mass is 9.79. The van der Waals surface area contributed by atoms with Gasteiger partial charge < -0.3 is 4.79 Å². The van der Waals surface area contributed by atoms with Crippen LogP contribution in [0.4, 0.5) is 0 Å². The number of benzene rings is 2. The van der Waals surface area contributed by atoms with Crippen molar-refractivity contribution in [2.75, 3.05) is 5.75 Å². The summed E-state index contributed by atoms with van der Waals surface area (Å²) in [6, 6.07) is 16.9. The van der Waals surface area contributed by atoms with Gasteiger partial charge in [0.1, 0.15) is 6.29 Å². The molecule has 0 amide bonds. The first-order valence-corrected chi connectivity index (χ1v) is 8.85. The SMILES string of the molecule is CC1(C)CCSc2ccc(C(C=O)Cc3ccccc3)cc21. The number of thioether (sulfide) groups is 1. The Labute approximate surface area is 137 Å². The van der Waals surface area contributed by atoms with Crippen molar-refractivity contribution in [1.82, 2.24) is 0 Å². The third kappa shape index (κ3) is 3.12. The van der Waals surface area contributed by atoms with Gasteiger partial charge in [0.05, 0.1) is 0 Å². The summed E-state index contributed by atoms with van der Waals surface area (Å²) in [7, 11) is 0. The van der Waals surface area contributed by atoms with Gasteiger partial charge in [0.2, 0.25) is 0 Å². The van der Waals surface area contributed by atoms with Crippen LogP contribution in [0, 0.1) is 0 Å². The molecule has 0 fully saturated rings. The van der Waals surface area contributed by atoms with E-state index >= 15 is 0 Å². The standard InChI is InChI=1S/C20H22OS/c1-20(2)10-11-22-19-9-8-16(13-18(19)20)17(14-21)12-15-6-4-3-5-7-15/h3-9,13-14,17H,10-12H2,1-2H3. The molecule has 0 saturated carbocycles. The van der Waals surface area contributed by atoms with E-state index in [1.54, 1.807) is 0 Å². The van der Waals surface area contributed by atoms with Crippen LogP contribution in [0.5, 0.6) is 0 Å². The first kappa shape index (κ1) is 15.4. The van der Waals surface area contributed by atoms with Gasteiger partial charge in [0.25, 0.3) is 0 Å². The van der Waals surface area contributed by atoms with Crippen molar-refractivity contribution in [1.29, 1.82) is 0 Å². The van der Waals surface area contributed by atoms with Crippen molar-refractivity contribution < 1.29 is 4.79 Å². The number of hydrogen-bond acceptors (Lipinski definition) is 2. The van der Waals surface area contributed by atoms with Gasteiger partial charge in [0.15, 0.2) is 0 Å². The summed E-state index contributed by atoms with van der Waals surface area (Å²) >= 11 is 1.93. The Balaban J connectivity index is 1.92. The summed E-state index contributed by atoms with van der Waals surface area (Å²) in [5.41, 5.74) is 3.97. The third-order valence-electron chi connectivity index (χ3n) is 4.61. The van der Waals surface area contributed by atoms with Crippen molar-refractivity contribution in [2.45, 2.75) is 42.9 Å². The van der Waals surface area contributed by atoms with Crippen LogP contribution in [0.25, 0.3) is 0 Å². The molecule has 0 saturated heterocycles. The van der Waals surface area contributed by atoms with E-state index in [2.05, 4.69) is 44.2 Å². The molecule has 114 valence electrons. The molecule has 0 radical (unpaired) electrons. The minimum absolute atomic E-state index is 0.0598. The Bertz CT molecular complexity index is 661. The number of aldehydes is 1. The van der Waals surface area contributed by atoms with Gasteiger partial charge in [0, 0.05) is 10.8 Å². The van der Waals surface area contributed by atoms with Crippen LogP contribution in [0.2, 0.25) is 0 Å². The van der Waals surface area contributed by atoms with Crippen LogP contribution in [-0.2, 0) is 16.6 Å². The van der Waals surface area contributed by atoms with Gasteiger partial charge in [-0.05, 0) is 46.8 Å². The maximum absolute atomic E-state index is 11.6. The first-order chi connectivity index (χ1) is 10.6. The molecular formula is C20H22OS. The van der Waals surface area contributed by atoms with Crippen LogP contribution in [0.3, 0.4) is 0 Å². The highest BCUT2D eigenvalue weighted by Crippen LogP contribution is 2.42. The second-order valence-electron chi connectivity index (χ2n) is 6.67. The summed E-state index contributed by atoms with van der Waals surface area (Å²) in [6.07, 6.45) is 3.06. The molecule has 2 aromatic rings. The fraction of sp³-hybridized carbons (Fsp3) is 0.350. The zero-order valence-electron chi connectivity index (χ0n) is 13.2. The minimum atomic E-state index is -0.0598. The minimum Gasteiger partial charge on any atom is -0.303 e. The van der Waals surface area contributed by atoms with Crippen LogP contribution in [-0.4, -0.2) is 12.0 Å². The van der Waals surface area contributed by atoms with E-state index in [0.29, 0.717) is 0 Å². The largest absolute Gasteiger partial charge is 0.303 e. The maximum atomic E-state index is 11.6. The quantitative estimate of drug-likeness (QED) is 0.740. The topological polar surface area (TPSA) is 17.1 Å². The van der Waals surface area contributed by atoms with E-state index in [1.807, 2.05) is 30.0 Å². The zero-order chi connectivity index (χ0) is 15.6. The Morgan fingerprint density at radius 2 is 1.95 bits per heavy atom. The van der Waals surface area contributed by atoms with Crippen molar-refractivity contribution in [3.63, 3.8) is 0 Å². The molecule has 2 aromatic carbocycles. The van der Waals surface area contributed by atoms with E-state index in [4.69, 9.17) is 0 Å². The van der Waals surface area contributed by atoms with Gasteiger partial charge in [-0.2, -0.15) is 0 Å². The van der Waals surface area contributed by atoms with E-state index < -0.39 is 0 Å². The smallest absolute Gasteiger partial charge is 0.127 e. The number of carbonyl (C=O) groups excluding carboxylic acids is 1. The lowest BCUT2D eigenvalue weighted by molar-refractivity contribution is -0.109. The molecule has 1 aliphatic heterocycles. The van der Waals surface area contributed by atoms with Gasteiger partial charge >= 0.3 is 0 Å². The zero-order valence-corrected chi connectivity index (χ0v) is 14.0. The molecule has 0 spiro atoms. The Hall–Kier alpha value is -1.54. The number of rotatable bonds is 4. The summed E-state index contributed by atoms with van der Waals surface area (Å²) in [5, 5.41) is 0. The van der Waals surface area contributed by atoms with Crippen LogP contribution < -0.4 is 0 Å². The van der Waals surface area contributed by atoms with Crippen molar-refractivity contribution >= 4 is 18.0 Å². The van der Waals surface area contributed by atoms with Crippen LogP contribution in [0.15, 0.2) is 53.4 Å². The molecule has 1 unspecified atom stereocenters. The van der Waals surface area contributed by atoms with Crippen LogP contribution in [0.1, 0.15) is 42.9 Å². The molecule has 1 nitrogen and oxygen atoms in total. The molecule has 2 heteroatoms. The Morgan fingerprint density at radius 3 is 2.68 bits per heavy atom. The average Bonchev–Trinajstić information content (AvgIpc) is 2.53.